The van der Waals surface area contributed by atoms with Crippen molar-refractivity contribution in [2.75, 3.05) is 54.1 Å². The molecule has 44 heavy (non-hydrogen) atoms. The number of phosphoric acid groups is 1. The lowest BCUT2D eigenvalue weighted by Crippen LogP contribution is -2.37. The number of rotatable bonds is 29. The maximum Gasteiger partial charge on any atom is 0.509 e. The lowest BCUT2D eigenvalue weighted by Gasteiger charge is -2.28. The van der Waals surface area contributed by atoms with Crippen LogP contribution in [0.1, 0.15) is 115 Å². The molecule has 2 atom stereocenters. The van der Waals surface area contributed by atoms with E-state index in [-0.39, 0.29) is 19.8 Å². The van der Waals surface area contributed by atoms with Crippen LogP contribution >= 0.6 is 7.82 Å². The first-order valence-corrected chi connectivity index (χ1v) is 18.4. The van der Waals surface area contributed by atoms with Crippen LogP contribution in [0.2, 0.25) is 0 Å². The molecular formula is C34H62NO8P. The third-order valence-corrected chi connectivity index (χ3v) is 8.30. The Morgan fingerprint density at radius 1 is 0.750 bits per heavy atom. The fourth-order valence-corrected chi connectivity index (χ4v) is 5.34. The fourth-order valence-electron chi connectivity index (χ4n) is 4.61. The molecule has 0 heterocycles. The minimum absolute atomic E-state index is 0.00193. The zero-order valence-corrected chi connectivity index (χ0v) is 29.1. The highest BCUT2D eigenvalue weighted by molar-refractivity contribution is 7.45. The summed E-state index contributed by atoms with van der Waals surface area (Å²) in [6.45, 7) is 2.87. The molecule has 0 spiro atoms. The van der Waals surface area contributed by atoms with Crippen LogP contribution < -0.4 is 4.89 Å². The first-order valence-electron chi connectivity index (χ1n) is 17.0. The Kier molecular flexibility index (Phi) is 23.7. The Balaban J connectivity index is 2.23. The van der Waals surface area contributed by atoms with E-state index in [1.807, 2.05) is 51.5 Å². The molecule has 2 unspecified atom stereocenters. The molecule has 1 aromatic carbocycles. The molecule has 1 rings (SSSR count). The second-order valence-electron chi connectivity index (χ2n) is 12.7. The number of carbonyl (C=O) groups excluding carboxylic acids is 1. The molecule has 0 amide bonds. The smallest absolute Gasteiger partial charge is 0.509 e. The summed E-state index contributed by atoms with van der Waals surface area (Å²) < 4.78 is 39.0. The van der Waals surface area contributed by atoms with Gasteiger partial charge in [-0.15, -0.1) is 0 Å². The van der Waals surface area contributed by atoms with Crippen LogP contribution in [0.25, 0.3) is 0 Å². The van der Waals surface area contributed by atoms with E-state index in [2.05, 4.69) is 6.92 Å². The number of phosphoric ester groups is 1. The first kappa shape index (κ1) is 40.5. The number of ether oxygens (including phenoxy) is 3. The van der Waals surface area contributed by atoms with Crippen molar-refractivity contribution in [3.63, 3.8) is 0 Å². The van der Waals surface area contributed by atoms with Gasteiger partial charge in [0, 0.05) is 6.61 Å². The van der Waals surface area contributed by atoms with Gasteiger partial charge >= 0.3 is 6.16 Å². The van der Waals surface area contributed by atoms with Crippen LogP contribution in [0.15, 0.2) is 30.3 Å². The minimum atomic E-state index is -4.57. The molecule has 0 saturated heterocycles. The molecule has 0 radical (unpaired) electrons. The highest BCUT2D eigenvalue weighted by atomic mass is 31.2. The van der Waals surface area contributed by atoms with Crippen molar-refractivity contribution in [2.45, 2.75) is 122 Å². The summed E-state index contributed by atoms with van der Waals surface area (Å²) >= 11 is 0. The van der Waals surface area contributed by atoms with E-state index in [4.69, 9.17) is 23.3 Å². The van der Waals surface area contributed by atoms with Crippen molar-refractivity contribution >= 4 is 14.0 Å². The lowest BCUT2D eigenvalue weighted by atomic mass is 10.0. The Bertz CT molecular complexity index is 865. The average molecular weight is 644 g/mol. The second kappa shape index (κ2) is 25.7. The van der Waals surface area contributed by atoms with E-state index >= 15 is 0 Å². The van der Waals surface area contributed by atoms with Gasteiger partial charge in [0.25, 0.3) is 7.82 Å². The molecule has 0 aromatic heterocycles. The van der Waals surface area contributed by atoms with Gasteiger partial charge in [0.15, 0.2) is 6.10 Å². The Hall–Kier alpha value is -1.48. The van der Waals surface area contributed by atoms with Crippen LogP contribution in [0.4, 0.5) is 4.79 Å². The standard InChI is InChI=1S/C34H62NO8P/c1-5-6-7-8-9-10-11-12-13-14-15-16-17-18-19-23-27-39-30-33(31-42-44(37,38)41-28-26-35(2,3)4)43-34(36)40-29-32-24-21-20-22-25-32/h20-22,24-25,33H,5-19,23,26-31H2,1-4H3. The monoisotopic (exact) mass is 643 g/mol. The maximum atomic E-state index is 12.3. The quantitative estimate of drug-likeness (QED) is 0.0373. The summed E-state index contributed by atoms with van der Waals surface area (Å²) in [5.74, 6) is 0. The van der Waals surface area contributed by atoms with Gasteiger partial charge in [-0.25, -0.2) is 4.79 Å². The number of unbranched alkanes of at least 4 members (excludes halogenated alkanes) is 15. The predicted octanol–water partition coefficient (Wildman–Crippen LogP) is 8.19. The normalized spacial score (nSPS) is 13.8. The van der Waals surface area contributed by atoms with Crippen molar-refractivity contribution in [2.24, 2.45) is 0 Å². The lowest BCUT2D eigenvalue weighted by molar-refractivity contribution is -0.870. The summed E-state index contributed by atoms with van der Waals surface area (Å²) in [5, 5.41) is 0. The molecule has 0 bridgehead atoms. The number of benzene rings is 1. The molecule has 0 N–H and O–H groups in total. The topological polar surface area (TPSA) is 103 Å². The Morgan fingerprint density at radius 3 is 1.80 bits per heavy atom. The number of likely N-dealkylation sites (N-methyl/N-ethyl adjacent to an activating group) is 1. The summed E-state index contributed by atoms with van der Waals surface area (Å²) in [5.41, 5.74) is 0.812. The zero-order valence-electron chi connectivity index (χ0n) is 28.2. The van der Waals surface area contributed by atoms with Crippen LogP contribution in [0.3, 0.4) is 0 Å². The van der Waals surface area contributed by atoms with Gasteiger partial charge in [-0.05, 0) is 12.0 Å². The third-order valence-electron chi connectivity index (χ3n) is 7.34. The van der Waals surface area contributed by atoms with E-state index in [1.165, 1.54) is 89.9 Å². The Morgan fingerprint density at radius 2 is 1.27 bits per heavy atom. The maximum absolute atomic E-state index is 12.3. The van der Waals surface area contributed by atoms with Crippen molar-refractivity contribution in [1.82, 2.24) is 0 Å². The van der Waals surface area contributed by atoms with Gasteiger partial charge in [0.2, 0.25) is 0 Å². The molecule has 0 aliphatic heterocycles. The van der Waals surface area contributed by atoms with Crippen molar-refractivity contribution < 1.29 is 42.0 Å². The van der Waals surface area contributed by atoms with Gasteiger partial charge in [-0.2, -0.15) is 0 Å². The zero-order chi connectivity index (χ0) is 32.4. The van der Waals surface area contributed by atoms with Gasteiger partial charge in [-0.3, -0.25) is 4.57 Å². The van der Waals surface area contributed by atoms with E-state index in [0.29, 0.717) is 17.6 Å². The number of hydrogen-bond acceptors (Lipinski definition) is 8. The van der Waals surface area contributed by atoms with Crippen LogP contribution in [0.5, 0.6) is 0 Å². The van der Waals surface area contributed by atoms with Crippen LogP contribution in [-0.4, -0.2) is 70.9 Å². The summed E-state index contributed by atoms with van der Waals surface area (Å²) in [7, 11) is 1.23. The fraction of sp³-hybridized carbons (Fsp3) is 0.794. The summed E-state index contributed by atoms with van der Waals surface area (Å²) in [6.07, 6.45) is 18.9. The van der Waals surface area contributed by atoms with E-state index < -0.39 is 26.7 Å². The van der Waals surface area contributed by atoms with Crippen molar-refractivity contribution in [3.05, 3.63) is 35.9 Å². The van der Waals surface area contributed by atoms with Crippen LogP contribution in [0, 0.1) is 0 Å². The third kappa shape index (κ3) is 25.8. The molecular weight excluding hydrogens is 581 g/mol. The van der Waals surface area contributed by atoms with E-state index in [1.54, 1.807) is 0 Å². The molecule has 0 aliphatic rings. The predicted molar refractivity (Wildman–Crippen MR) is 174 cm³/mol. The highest BCUT2D eigenvalue weighted by Crippen LogP contribution is 2.38. The van der Waals surface area contributed by atoms with Crippen molar-refractivity contribution in [1.29, 1.82) is 0 Å². The van der Waals surface area contributed by atoms with Crippen LogP contribution in [-0.2, 0) is 34.4 Å². The molecule has 0 aliphatic carbocycles. The average Bonchev–Trinajstić information content (AvgIpc) is 2.98. The summed E-state index contributed by atoms with van der Waals surface area (Å²) in [6, 6.07) is 9.22. The second-order valence-corrected chi connectivity index (χ2v) is 14.1. The van der Waals surface area contributed by atoms with E-state index in [9.17, 15) is 14.3 Å². The number of hydrogen-bond donors (Lipinski definition) is 0. The van der Waals surface area contributed by atoms with E-state index in [0.717, 1.165) is 18.4 Å². The number of nitrogens with zero attached hydrogens (tertiary/aromatic N) is 1. The molecule has 10 heteroatoms. The van der Waals surface area contributed by atoms with Gasteiger partial charge in [0.1, 0.15) is 19.8 Å². The molecule has 9 nitrogen and oxygen atoms in total. The van der Waals surface area contributed by atoms with Gasteiger partial charge in [-0.1, -0.05) is 134 Å². The molecule has 256 valence electrons. The molecule has 1 aromatic rings. The summed E-state index contributed by atoms with van der Waals surface area (Å²) in [4.78, 5) is 24.5. The molecule has 0 fully saturated rings. The Labute approximate surface area is 268 Å². The largest absolute Gasteiger partial charge is 0.756 e. The SMILES string of the molecule is CCCCCCCCCCCCCCCCCCOCC(COP(=O)([O-])OCC[N+](C)(C)C)OC(=O)OCc1ccccc1. The van der Waals surface area contributed by atoms with Crippen molar-refractivity contribution in [3.8, 4) is 0 Å². The van der Waals surface area contributed by atoms with Gasteiger partial charge < -0.3 is 32.6 Å². The minimum Gasteiger partial charge on any atom is -0.756 e. The molecule has 0 saturated carbocycles. The van der Waals surface area contributed by atoms with Gasteiger partial charge in [0.05, 0.1) is 34.4 Å². The number of carbonyl (C=O) groups is 1. The number of quaternary nitrogens is 1. The first-order chi connectivity index (χ1) is 21.1. The highest BCUT2D eigenvalue weighted by Gasteiger charge is 2.21.